The predicted octanol–water partition coefficient (Wildman–Crippen LogP) is 3.30. The summed E-state index contributed by atoms with van der Waals surface area (Å²) in [4.78, 5) is 22.0. The number of Topliss-reactive ketones (excluding diaryl/α,β-unsaturated/α-hetero) is 2. The van der Waals surface area contributed by atoms with Crippen LogP contribution in [0.25, 0.3) is 0 Å². The second kappa shape index (κ2) is 11.8. The molecule has 0 spiro atoms. The van der Waals surface area contributed by atoms with E-state index < -0.39 is 0 Å². The van der Waals surface area contributed by atoms with Gasteiger partial charge in [-0.2, -0.15) is 0 Å². The highest BCUT2D eigenvalue weighted by Gasteiger charge is 2.02. The molecule has 3 heteroatoms. The van der Waals surface area contributed by atoms with Crippen LogP contribution >= 0.6 is 0 Å². The molecule has 0 aliphatic rings. The van der Waals surface area contributed by atoms with Crippen LogP contribution in [0.3, 0.4) is 0 Å². The Morgan fingerprint density at radius 3 is 2.24 bits per heavy atom. The van der Waals surface area contributed by atoms with E-state index in [1.807, 2.05) is 0 Å². The second-order valence-electron chi connectivity index (χ2n) is 4.56. The van der Waals surface area contributed by atoms with Crippen molar-refractivity contribution in [3.8, 4) is 0 Å². The zero-order valence-corrected chi connectivity index (χ0v) is 11.3. The smallest absolute Gasteiger partial charge is 0.155 e. The molecular weight excluding hydrogens is 216 g/mol. The molecule has 0 aromatic heterocycles. The summed E-state index contributed by atoms with van der Waals surface area (Å²) in [5, 5.41) is 0. The van der Waals surface area contributed by atoms with Crippen LogP contribution in [0.2, 0.25) is 0 Å². The molecule has 100 valence electrons. The van der Waals surface area contributed by atoms with E-state index in [9.17, 15) is 9.59 Å². The topological polar surface area (TPSA) is 43.4 Å². The lowest BCUT2D eigenvalue weighted by molar-refractivity contribution is -0.121. The Kier molecular flexibility index (Phi) is 11.3. The van der Waals surface area contributed by atoms with Gasteiger partial charge in [0.1, 0.15) is 12.4 Å². The summed E-state index contributed by atoms with van der Waals surface area (Å²) in [6, 6.07) is 0. The molecule has 0 aromatic carbocycles. The van der Waals surface area contributed by atoms with Gasteiger partial charge in [0.15, 0.2) is 5.78 Å². The van der Waals surface area contributed by atoms with E-state index >= 15 is 0 Å². The molecule has 0 amide bonds. The summed E-state index contributed by atoms with van der Waals surface area (Å²) >= 11 is 0. The molecule has 0 radical (unpaired) electrons. The van der Waals surface area contributed by atoms with Crippen molar-refractivity contribution in [1.82, 2.24) is 0 Å². The lowest BCUT2D eigenvalue weighted by atomic mass is 10.1. The van der Waals surface area contributed by atoms with Gasteiger partial charge in [0, 0.05) is 19.4 Å². The van der Waals surface area contributed by atoms with Crippen molar-refractivity contribution >= 4 is 11.6 Å². The molecule has 0 saturated heterocycles. The first-order chi connectivity index (χ1) is 8.16. The van der Waals surface area contributed by atoms with Gasteiger partial charge in [-0.1, -0.05) is 32.6 Å². The zero-order valence-electron chi connectivity index (χ0n) is 11.3. The molecule has 0 aliphatic heterocycles. The fourth-order valence-corrected chi connectivity index (χ4v) is 1.64. The highest BCUT2D eigenvalue weighted by molar-refractivity contribution is 5.78. The Balaban J connectivity index is 3.20. The van der Waals surface area contributed by atoms with Crippen LogP contribution in [-0.4, -0.2) is 24.8 Å². The van der Waals surface area contributed by atoms with E-state index in [1.165, 1.54) is 32.6 Å². The molecule has 0 rings (SSSR count). The van der Waals surface area contributed by atoms with Crippen LogP contribution in [0.15, 0.2) is 0 Å². The third-order valence-corrected chi connectivity index (χ3v) is 2.61. The first-order valence-electron chi connectivity index (χ1n) is 6.75. The maximum absolute atomic E-state index is 11.5. The number of unbranched alkanes of at least 4 members (excludes halogenated alkanes) is 4. The van der Waals surface area contributed by atoms with Gasteiger partial charge >= 0.3 is 0 Å². The van der Waals surface area contributed by atoms with E-state index in [4.69, 9.17) is 4.74 Å². The lowest BCUT2D eigenvalue weighted by Gasteiger charge is -2.02. The highest BCUT2D eigenvalue weighted by atomic mass is 16.5. The Morgan fingerprint density at radius 1 is 0.941 bits per heavy atom. The van der Waals surface area contributed by atoms with Crippen molar-refractivity contribution in [2.45, 2.75) is 65.2 Å². The van der Waals surface area contributed by atoms with Gasteiger partial charge in [0.2, 0.25) is 0 Å². The number of ether oxygens (including phenoxy) is 1. The average Bonchev–Trinajstić information content (AvgIpc) is 2.28. The third-order valence-electron chi connectivity index (χ3n) is 2.61. The van der Waals surface area contributed by atoms with Crippen LogP contribution in [0.5, 0.6) is 0 Å². The number of hydrogen-bond donors (Lipinski definition) is 0. The van der Waals surface area contributed by atoms with Gasteiger partial charge in [-0.3, -0.25) is 9.59 Å². The van der Waals surface area contributed by atoms with Gasteiger partial charge in [-0.05, 0) is 19.8 Å². The minimum absolute atomic E-state index is 0.0345. The Morgan fingerprint density at radius 2 is 1.59 bits per heavy atom. The Labute approximate surface area is 105 Å². The molecule has 3 nitrogen and oxygen atoms in total. The summed E-state index contributed by atoms with van der Waals surface area (Å²) in [6.45, 7) is 4.38. The third kappa shape index (κ3) is 13.2. The van der Waals surface area contributed by atoms with Crippen LogP contribution < -0.4 is 0 Å². The van der Waals surface area contributed by atoms with Gasteiger partial charge in [-0.15, -0.1) is 0 Å². The van der Waals surface area contributed by atoms with E-state index in [1.54, 1.807) is 0 Å². The summed E-state index contributed by atoms with van der Waals surface area (Å²) in [5.41, 5.74) is 0. The summed E-state index contributed by atoms with van der Waals surface area (Å²) in [6.07, 6.45) is 7.97. The average molecular weight is 242 g/mol. The van der Waals surface area contributed by atoms with Gasteiger partial charge in [-0.25, -0.2) is 0 Å². The number of rotatable bonds is 12. The van der Waals surface area contributed by atoms with E-state index in [0.717, 1.165) is 12.8 Å². The van der Waals surface area contributed by atoms with Crippen LogP contribution in [-0.2, 0) is 14.3 Å². The zero-order chi connectivity index (χ0) is 12.9. The molecule has 0 saturated carbocycles. The highest BCUT2D eigenvalue weighted by Crippen LogP contribution is 2.07. The number of hydrogen-bond acceptors (Lipinski definition) is 3. The molecule has 0 N–H and O–H groups in total. The second-order valence-corrected chi connectivity index (χ2v) is 4.56. The van der Waals surface area contributed by atoms with E-state index in [-0.39, 0.29) is 12.4 Å². The van der Waals surface area contributed by atoms with Crippen molar-refractivity contribution in [3.63, 3.8) is 0 Å². The molecule has 17 heavy (non-hydrogen) atoms. The fourth-order valence-electron chi connectivity index (χ4n) is 1.64. The first kappa shape index (κ1) is 16.3. The van der Waals surface area contributed by atoms with Crippen LogP contribution in [0.1, 0.15) is 65.2 Å². The summed E-state index contributed by atoms with van der Waals surface area (Å²) in [5.74, 6) is 0.361. The van der Waals surface area contributed by atoms with Crippen LogP contribution in [0.4, 0.5) is 0 Å². The molecule has 0 aliphatic carbocycles. The maximum Gasteiger partial charge on any atom is 0.155 e. The Hall–Kier alpha value is -0.700. The number of carbonyl (C=O) groups is 2. The van der Waals surface area contributed by atoms with Crippen LogP contribution in [0, 0.1) is 0 Å². The molecular formula is C14H26O3. The SMILES string of the molecule is CCCCCCCC(=O)CCCOCC(C)=O. The quantitative estimate of drug-likeness (QED) is 0.493. The normalized spacial score (nSPS) is 10.5. The minimum Gasteiger partial charge on any atom is -0.374 e. The van der Waals surface area contributed by atoms with Crippen molar-refractivity contribution in [2.75, 3.05) is 13.2 Å². The van der Waals surface area contributed by atoms with Crippen molar-refractivity contribution < 1.29 is 14.3 Å². The van der Waals surface area contributed by atoms with Gasteiger partial charge in [0.25, 0.3) is 0 Å². The molecule has 0 heterocycles. The minimum atomic E-state index is 0.0345. The first-order valence-corrected chi connectivity index (χ1v) is 6.75. The summed E-state index contributed by atoms with van der Waals surface area (Å²) in [7, 11) is 0. The monoisotopic (exact) mass is 242 g/mol. The van der Waals surface area contributed by atoms with Gasteiger partial charge in [0.05, 0.1) is 0 Å². The summed E-state index contributed by atoms with van der Waals surface area (Å²) < 4.78 is 5.10. The maximum atomic E-state index is 11.5. The van der Waals surface area contributed by atoms with E-state index in [2.05, 4.69) is 6.92 Å². The van der Waals surface area contributed by atoms with Crippen molar-refractivity contribution in [1.29, 1.82) is 0 Å². The van der Waals surface area contributed by atoms with Gasteiger partial charge < -0.3 is 4.74 Å². The molecule has 0 atom stereocenters. The number of carbonyl (C=O) groups excluding carboxylic acids is 2. The lowest BCUT2D eigenvalue weighted by Crippen LogP contribution is -2.06. The molecule has 0 unspecified atom stereocenters. The van der Waals surface area contributed by atoms with Crippen molar-refractivity contribution in [3.05, 3.63) is 0 Å². The van der Waals surface area contributed by atoms with Crippen molar-refractivity contribution in [2.24, 2.45) is 0 Å². The number of ketones is 2. The molecule has 0 fully saturated rings. The Bertz CT molecular complexity index is 212. The predicted molar refractivity (Wildman–Crippen MR) is 69.1 cm³/mol. The van der Waals surface area contributed by atoms with E-state index in [0.29, 0.717) is 25.2 Å². The fraction of sp³-hybridized carbons (Fsp3) is 0.857. The largest absolute Gasteiger partial charge is 0.374 e. The standard InChI is InChI=1S/C14H26O3/c1-3-4-5-6-7-9-14(16)10-8-11-17-12-13(2)15/h3-12H2,1-2H3. The molecule has 0 bridgehead atoms. The molecule has 0 aromatic rings.